The fraction of sp³-hybridized carbons (Fsp3) is 0.545. The van der Waals surface area contributed by atoms with E-state index in [0.29, 0.717) is 30.8 Å². The van der Waals surface area contributed by atoms with Crippen molar-refractivity contribution in [1.29, 1.82) is 0 Å². The Hall–Kier alpha value is -1.89. The van der Waals surface area contributed by atoms with Crippen LogP contribution in [0.2, 0.25) is 0 Å². The third-order valence-corrected chi connectivity index (χ3v) is 6.57. The van der Waals surface area contributed by atoms with E-state index >= 15 is 0 Å². The smallest absolute Gasteiger partial charge is 0.327 e. The zero-order valence-electron chi connectivity index (χ0n) is 19.4. The highest BCUT2D eigenvalue weighted by Crippen LogP contribution is 2.07. The maximum Gasteiger partial charge on any atom is 0.327 e. The van der Waals surface area contributed by atoms with Crippen molar-refractivity contribution in [3.05, 3.63) is 35.9 Å². The number of hydrogen-bond acceptors (Lipinski definition) is 8. The first-order valence-electron chi connectivity index (χ1n) is 10.8. The molecular formula is C22H34N4O5S3. The maximum absolute atomic E-state index is 13.0. The summed E-state index contributed by atoms with van der Waals surface area (Å²) in [6.45, 7) is 0. The van der Waals surface area contributed by atoms with Gasteiger partial charge in [-0.25, -0.2) is 4.79 Å². The number of aliphatic carboxylic acids is 1. The Morgan fingerprint density at radius 1 is 0.882 bits per heavy atom. The number of carboxylic acids is 1. The van der Waals surface area contributed by atoms with E-state index < -0.39 is 47.9 Å². The van der Waals surface area contributed by atoms with E-state index in [4.69, 9.17) is 5.73 Å². The van der Waals surface area contributed by atoms with E-state index in [1.54, 1.807) is 0 Å². The van der Waals surface area contributed by atoms with E-state index in [-0.39, 0.29) is 5.75 Å². The predicted octanol–water partition coefficient (Wildman–Crippen LogP) is 0.531. The highest BCUT2D eigenvalue weighted by molar-refractivity contribution is 7.98. The van der Waals surface area contributed by atoms with Gasteiger partial charge in [-0.15, -0.1) is 0 Å². The molecular weight excluding hydrogens is 496 g/mol. The van der Waals surface area contributed by atoms with Gasteiger partial charge in [0.1, 0.15) is 18.1 Å². The van der Waals surface area contributed by atoms with Gasteiger partial charge in [-0.1, -0.05) is 30.3 Å². The van der Waals surface area contributed by atoms with Gasteiger partial charge in [0, 0.05) is 5.75 Å². The number of nitrogens with two attached hydrogens (primary N) is 1. The standard InChI is InChI=1S/C22H34N4O5S3/c1-33-10-8-16(24-19(27)15(23)12-14-6-4-3-5-7-14)20(28)25-17(9-11-34-2)21(29)26-18(13-32)22(30)31/h3-7,15-18,32H,8-13,23H2,1-2H3,(H,24,27)(H,25,28)(H,26,29)(H,30,31). The van der Waals surface area contributed by atoms with Crippen molar-refractivity contribution in [3.8, 4) is 0 Å². The first-order valence-corrected chi connectivity index (χ1v) is 14.2. The van der Waals surface area contributed by atoms with E-state index in [0.717, 1.165) is 5.56 Å². The Bertz CT molecular complexity index is 800. The number of benzene rings is 1. The molecule has 1 aromatic rings. The Morgan fingerprint density at radius 3 is 1.79 bits per heavy atom. The summed E-state index contributed by atoms with van der Waals surface area (Å²) in [6.07, 6.45) is 4.72. The first-order chi connectivity index (χ1) is 16.2. The summed E-state index contributed by atoms with van der Waals surface area (Å²) < 4.78 is 0. The third kappa shape index (κ3) is 11.0. The summed E-state index contributed by atoms with van der Waals surface area (Å²) in [5.74, 6) is -1.72. The maximum atomic E-state index is 13.0. The van der Waals surface area contributed by atoms with Crippen LogP contribution in [0.5, 0.6) is 0 Å². The van der Waals surface area contributed by atoms with Crippen LogP contribution in [0.15, 0.2) is 30.3 Å². The van der Waals surface area contributed by atoms with Crippen molar-refractivity contribution < 1.29 is 24.3 Å². The fourth-order valence-electron chi connectivity index (χ4n) is 2.98. The number of carbonyl (C=O) groups excluding carboxylic acids is 3. The molecule has 0 fully saturated rings. The second-order valence-corrected chi connectivity index (χ2v) is 9.90. The number of amides is 3. The highest BCUT2D eigenvalue weighted by Gasteiger charge is 2.29. The van der Waals surface area contributed by atoms with Crippen LogP contribution in [0, 0.1) is 0 Å². The van der Waals surface area contributed by atoms with Crippen molar-refractivity contribution in [1.82, 2.24) is 16.0 Å². The summed E-state index contributed by atoms with van der Waals surface area (Å²) in [5, 5.41) is 17.0. The van der Waals surface area contributed by atoms with Gasteiger partial charge in [0.15, 0.2) is 0 Å². The first kappa shape index (κ1) is 30.1. The zero-order valence-corrected chi connectivity index (χ0v) is 21.9. The molecule has 0 spiro atoms. The van der Waals surface area contributed by atoms with Gasteiger partial charge in [-0.3, -0.25) is 14.4 Å². The van der Waals surface area contributed by atoms with Crippen LogP contribution in [0.25, 0.3) is 0 Å². The lowest BCUT2D eigenvalue weighted by atomic mass is 10.1. The molecule has 3 amide bonds. The van der Waals surface area contributed by atoms with Crippen molar-refractivity contribution in [2.75, 3.05) is 29.8 Å². The molecule has 1 rings (SSSR count). The third-order valence-electron chi connectivity index (χ3n) is 4.92. The second-order valence-electron chi connectivity index (χ2n) is 7.56. The van der Waals surface area contributed by atoms with Crippen molar-refractivity contribution in [2.45, 2.75) is 43.4 Å². The van der Waals surface area contributed by atoms with Gasteiger partial charge in [0.2, 0.25) is 17.7 Å². The van der Waals surface area contributed by atoms with Crippen LogP contribution in [0.1, 0.15) is 18.4 Å². The number of rotatable bonds is 16. The number of hydrogen-bond donors (Lipinski definition) is 6. The average molecular weight is 531 g/mol. The molecule has 0 aliphatic carbocycles. The number of carboxylic acid groups (broad SMARTS) is 1. The van der Waals surface area contributed by atoms with Gasteiger partial charge in [0.05, 0.1) is 6.04 Å². The Morgan fingerprint density at radius 2 is 1.35 bits per heavy atom. The molecule has 34 heavy (non-hydrogen) atoms. The Kier molecular flexibility index (Phi) is 14.8. The van der Waals surface area contributed by atoms with Crippen molar-refractivity contribution in [2.24, 2.45) is 5.73 Å². The van der Waals surface area contributed by atoms with Crippen molar-refractivity contribution in [3.63, 3.8) is 0 Å². The number of thiol groups is 1. The molecule has 4 unspecified atom stereocenters. The lowest BCUT2D eigenvalue weighted by Gasteiger charge is -2.25. The zero-order chi connectivity index (χ0) is 25.5. The molecule has 9 nitrogen and oxygen atoms in total. The SMILES string of the molecule is CSCCC(NC(=O)C(N)Cc1ccccc1)C(=O)NC(CCSC)C(=O)NC(CS)C(=O)O. The van der Waals surface area contributed by atoms with E-state index in [2.05, 4.69) is 28.6 Å². The second kappa shape index (κ2) is 16.7. The predicted molar refractivity (Wildman–Crippen MR) is 141 cm³/mol. The topological polar surface area (TPSA) is 151 Å². The quantitative estimate of drug-likeness (QED) is 0.169. The largest absolute Gasteiger partial charge is 0.480 e. The molecule has 0 heterocycles. The minimum absolute atomic E-state index is 0.0873. The molecule has 0 aliphatic heterocycles. The molecule has 1 aromatic carbocycles. The lowest BCUT2D eigenvalue weighted by Crippen LogP contribution is -2.57. The summed E-state index contributed by atoms with van der Waals surface area (Å²) in [7, 11) is 0. The Balaban J connectivity index is 2.88. The molecule has 0 radical (unpaired) electrons. The molecule has 6 N–H and O–H groups in total. The highest BCUT2D eigenvalue weighted by atomic mass is 32.2. The molecule has 0 saturated heterocycles. The average Bonchev–Trinajstić information content (AvgIpc) is 2.82. The van der Waals surface area contributed by atoms with Crippen molar-refractivity contribution >= 4 is 59.8 Å². The van der Waals surface area contributed by atoms with Gasteiger partial charge in [-0.2, -0.15) is 36.2 Å². The summed E-state index contributed by atoms with van der Waals surface area (Å²) in [4.78, 5) is 49.7. The summed E-state index contributed by atoms with van der Waals surface area (Å²) >= 11 is 6.96. The van der Waals surface area contributed by atoms with Crippen LogP contribution in [0.4, 0.5) is 0 Å². The minimum Gasteiger partial charge on any atom is -0.480 e. The van der Waals surface area contributed by atoms with Gasteiger partial charge in [0.25, 0.3) is 0 Å². The molecule has 0 aromatic heterocycles. The molecule has 12 heteroatoms. The Labute approximate surface area is 214 Å². The van der Waals surface area contributed by atoms with Crippen LogP contribution in [0.3, 0.4) is 0 Å². The minimum atomic E-state index is -1.21. The van der Waals surface area contributed by atoms with Crippen LogP contribution < -0.4 is 21.7 Å². The number of carbonyl (C=O) groups is 4. The van der Waals surface area contributed by atoms with Crippen LogP contribution in [-0.2, 0) is 25.6 Å². The summed E-state index contributed by atoms with van der Waals surface area (Å²) in [6, 6.07) is 5.48. The molecule has 4 atom stereocenters. The van der Waals surface area contributed by atoms with E-state index in [9.17, 15) is 24.3 Å². The fourth-order valence-corrected chi connectivity index (χ4v) is 4.17. The molecule has 0 bridgehead atoms. The summed E-state index contributed by atoms with van der Waals surface area (Å²) in [5.41, 5.74) is 6.97. The molecule has 190 valence electrons. The molecule has 0 saturated carbocycles. The normalized spacial score (nSPS) is 14.4. The van der Waals surface area contributed by atoms with Gasteiger partial charge in [-0.05, 0) is 48.8 Å². The van der Waals surface area contributed by atoms with Gasteiger partial charge < -0.3 is 26.8 Å². The lowest BCUT2D eigenvalue weighted by molar-refractivity contribution is -0.141. The number of thioether (sulfide) groups is 2. The monoisotopic (exact) mass is 530 g/mol. The van der Waals surface area contributed by atoms with Gasteiger partial charge >= 0.3 is 5.97 Å². The van der Waals surface area contributed by atoms with E-state index in [1.807, 2.05) is 42.8 Å². The van der Waals surface area contributed by atoms with Crippen LogP contribution in [-0.4, -0.2) is 82.7 Å². The van der Waals surface area contributed by atoms with E-state index in [1.165, 1.54) is 23.5 Å². The number of nitrogens with one attached hydrogen (secondary N) is 3. The van der Waals surface area contributed by atoms with Crippen LogP contribution >= 0.6 is 36.2 Å². The molecule has 0 aliphatic rings.